The normalized spacial score (nSPS) is 28.7. The molecule has 114 valence electrons. The molecule has 2 fully saturated rings. The SMILES string of the molecule is Cc1cccc(N)c1NC(=O)C1CCC2CCCCC2C1. The van der Waals surface area contributed by atoms with E-state index in [1.165, 1.54) is 32.1 Å². The summed E-state index contributed by atoms with van der Waals surface area (Å²) >= 11 is 0. The fourth-order valence-electron chi connectivity index (χ4n) is 4.20. The van der Waals surface area contributed by atoms with E-state index >= 15 is 0 Å². The summed E-state index contributed by atoms with van der Waals surface area (Å²) in [5.74, 6) is 1.99. The predicted octanol–water partition coefficient (Wildman–Crippen LogP) is 4.12. The van der Waals surface area contributed by atoms with Crippen LogP contribution < -0.4 is 11.1 Å². The molecule has 0 aromatic heterocycles. The molecule has 3 N–H and O–H groups in total. The van der Waals surface area contributed by atoms with Crippen molar-refractivity contribution in [3.8, 4) is 0 Å². The summed E-state index contributed by atoms with van der Waals surface area (Å²) in [6, 6.07) is 5.76. The average Bonchev–Trinajstić information content (AvgIpc) is 2.50. The first-order valence-corrected chi connectivity index (χ1v) is 8.31. The quantitative estimate of drug-likeness (QED) is 0.803. The molecule has 0 bridgehead atoms. The molecule has 1 aromatic carbocycles. The van der Waals surface area contributed by atoms with Gasteiger partial charge in [0.1, 0.15) is 0 Å². The van der Waals surface area contributed by atoms with Crippen molar-refractivity contribution in [3.05, 3.63) is 23.8 Å². The first kappa shape index (κ1) is 14.4. The number of hydrogen-bond donors (Lipinski definition) is 2. The maximum Gasteiger partial charge on any atom is 0.227 e. The van der Waals surface area contributed by atoms with Crippen LogP contribution in [-0.2, 0) is 4.79 Å². The number of anilines is 2. The lowest BCUT2D eigenvalue weighted by Gasteiger charge is -2.38. The van der Waals surface area contributed by atoms with Gasteiger partial charge < -0.3 is 11.1 Å². The van der Waals surface area contributed by atoms with Crippen molar-refractivity contribution in [3.63, 3.8) is 0 Å². The Bertz CT molecular complexity index is 506. The van der Waals surface area contributed by atoms with Crippen molar-refractivity contribution in [1.29, 1.82) is 0 Å². The van der Waals surface area contributed by atoms with Gasteiger partial charge in [0.25, 0.3) is 0 Å². The summed E-state index contributed by atoms with van der Waals surface area (Å²) in [5.41, 5.74) is 8.49. The van der Waals surface area contributed by atoms with E-state index in [1.807, 2.05) is 25.1 Å². The van der Waals surface area contributed by atoms with Gasteiger partial charge in [-0.2, -0.15) is 0 Å². The van der Waals surface area contributed by atoms with Crippen LogP contribution in [0.2, 0.25) is 0 Å². The highest BCUT2D eigenvalue weighted by atomic mass is 16.1. The molecule has 2 aliphatic rings. The van der Waals surface area contributed by atoms with Gasteiger partial charge in [-0.1, -0.05) is 37.8 Å². The number of carbonyl (C=O) groups is 1. The number of benzene rings is 1. The number of amides is 1. The Morgan fingerprint density at radius 2 is 1.90 bits per heavy atom. The lowest BCUT2D eigenvalue weighted by Crippen LogP contribution is -2.34. The third-order valence-electron chi connectivity index (χ3n) is 5.46. The van der Waals surface area contributed by atoms with Gasteiger partial charge in [0.05, 0.1) is 11.4 Å². The maximum atomic E-state index is 12.6. The van der Waals surface area contributed by atoms with Crippen molar-refractivity contribution in [2.75, 3.05) is 11.1 Å². The number of nitrogens with two attached hydrogens (primary N) is 1. The molecule has 3 heteroatoms. The minimum absolute atomic E-state index is 0.167. The van der Waals surface area contributed by atoms with Crippen LogP contribution in [-0.4, -0.2) is 5.91 Å². The number of aryl methyl sites for hydroxylation is 1. The topological polar surface area (TPSA) is 55.1 Å². The Hall–Kier alpha value is -1.51. The smallest absolute Gasteiger partial charge is 0.227 e. The van der Waals surface area contributed by atoms with Crippen LogP contribution >= 0.6 is 0 Å². The standard InChI is InChI=1S/C18H26N2O/c1-12-5-4-8-16(19)17(12)20-18(21)15-10-9-13-6-2-3-7-14(13)11-15/h4-5,8,13-15H,2-3,6-7,9-11,19H2,1H3,(H,20,21). The minimum atomic E-state index is 0.167. The number of para-hydroxylation sites is 1. The monoisotopic (exact) mass is 286 g/mol. The summed E-state index contributed by atoms with van der Waals surface area (Å²) in [6.07, 6.45) is 8.77. The number of hydrogen-bond acceptors (Lipinski definition) is 2. The van der Waals surface area contributed by atoms with Gasteiger partial charge in [0.15, 0.2) is 0 Å². The second-order valence-corrected chi connectivity index (χ2v) is 6.84. The summed E-state index contributed by atoms with van der Waals surface area (Å²) < 4.78 is 0. The van der Waals surface area contributed by atoms with Gasteiger partial charge in [-0.15, -0.1) is 0 Å². The van der Waals surface area contributed by atoms with Gasteiger partial charge in [-0.3, -0.25) is 4.79 Å². The Balaban J connectivity index is 1.66. The van der Waals surface area contributed by atoms with Crippen molar-refractivity contribution in [2.24, 2.45) is 17.8 Å². The van der Waals surface area contributed by atoms with E-state index in [1.54, 1.807) is 0 Å². The molecule has 0 spiro atoms. The van der Waals surface area contributed by atoms with Crippen LogP contribution in [0.5, 0.6) is 0 Å². The van der Waals surface area contributed by atoms with Gasteiger partial charge in [-0.05, 0) is 49.7 Å². The molecule has 1 aromatic rings. The zero-order valence-corrected chi connectivity index (χ0v) is 12.9. The number of nitrogens with one attached hydrogen (secondary N) is 1. The fraction of sp³-hybridized carbons (Fsp3) is 0.611. The van der Waals surface area contributed by atoms with E-state index < -0.39 is 0 Å². The summed E-state index contributed by atoms with van der Waals surface area (Å²) in [7, 11) is 0. The first-order valence-electron chi connectivity index (χ1n) is 8.31. The molecule has 0 aliphatic heterocycles. The van der Waals surface area contributed by atoms with E-state index in [2.05, 4.69) is 5.32 Å². The predicted molar refractivity (Wildman–Crippen MR) is 87.0 cm³/mol. The molecular formula is C18H26N2O. The minimum Gasteiger partial charge on any atom is -0.397 e. The van der Waals surface area contributed by atoms with Crippen LogP contribution in [0.4, 0.5) is 11.4 Å². The highest BCUT2D eigenvalue weighted by Crippen LogP contribution is 2.43. The molecule has 3 unspecified atom stereocenters. The largest absolute Gasteiger partial charge is 0.397 e. The molecule has 1 amide bonds. The van der Waals surface area contributed by atoms with Crippen molar-refractivity contribution in [2.45, 2.75) is 51.9 Å². The van der Waals surface area contributed by atoms with Crippen LogP contribution in [0.15, 0.2) is 18.2 Å². The second-order valence-electron chi connectivity index (χ2n) is 6.84. The molecule has 2 aliphatic carbocycles. The number of nitrogen functional groups attached to an aromatic ring is 1. The fourth-order valence-corrected chi connectivity index (χ4v) is 4.20. The molecular weight excluding hydrogens is 260 g/mol. The van der Waals surface area contributed by atoms with Gasteiger partial charge >= 0.3 is 0 Å². The molecule has 2 saturated carbocycles. The molecule has 3 nitrogen and oxygen atoms in total. The summed E-state index contributed by atoms with van der Waals surface area (Å²) in [4.78, 5) is 12.6. The Morgan fingerprint density at radius 1 is 1.14 bits per heavy atom. The highest BCUT2D eigenvalue weighted by Gasteiger charge is 2.35. The third kappa shape index (κ3) is 3.07. The average molecular weight is 286 g/mol. The number of rotatable bonds is 2. The zero-order valence-electron chi connectivity index (χ0n) is 12.9. The van der Waals surface area contributed by atoms with Crippen molar-refractivity contribution < 1.29 is 4.79 Å². The summed E-state index contributed by atoms with van der Waals surface area (Å²) in [5, 5.41) is 3.08. The van der Waals surface area contributed by atoms with Crippen molar-refractivity contribution in [1.82, 2.24) is 0 Å². The van der Waals surface area contributed by atoms with Crippen LogP contribution in [0.3, 0.4) is 0 Å². The molecule has 21 heavy (non-hydrogen) atoms. The van der Waals surface area contributed by atoms with Crippen LogP contribution in [0.1, 0.15) is 50.5 Å². The Morgan fingerprint density at radius 3 is 2.67 bits per heavy atom. The van der Waals surface area contributed by atoms with E-state index in [-0.39, 0.29) is 11.8 Å². The van der Waals surface area contributed by atoms with E-state index in [9.17, 15) is 4.79 Å². The van der Waals surface area contributed by atoms with Crippen LogP contribution in [0, 0.1) is 24.7 Å². The highest BCUT2D eigenvalue weighted by molar-refractivity contribution is 5.96. The molecule has 0 radical (unpaired) electrons. The molecule has 0 saturated heterocycles. The van der Waals surface area contributed by atoms with E-state index in [0.717, 1.165) is 35.9 Å². The van der Waals surface area contributed by atoms with Crippen molar-refractivity contribution >= 4 is 17.3 Å². The van der Waals surface area contributed by atoms with E-state index in [0.29, 0.717) is 5.69 Å². The van der Waals surface area contributed by atoms with Gasteiger partial charge in [0, 0.05) is 5.92 Å². The number of carbonyl (C=O) groups excluding carboxylic acids is 1. The zero-order chi connectivity index (χ0) is 14.8. The first-order chi connectivity index (χ1) is 10.1. The molecule has 0 heterocycles. The lowest BCUT2D eigenvalue weighted by atomic mass is 9.67. The number of fused-ring (bicyclic) bond motifs is 1. The van der Waals surface area contributed by atoms with Gasteiger partial charge in [0.2, 0.25) is 5.91 Å². The maximum absolute atomic E-state index is 12.6. The molecule has 3 rings (SSSR count). The van der Waals surface area contributed by atoms with Crippen LogP contribution in [0.25, 0.3) is 0 Å². The van der Waals surface area contributed by atoms with E-state index in [4.69, 9.17) is 5.73 Å². The molecule has 3 atom stereocenters. The third-order valence-corrected chi connectivity index (χ3v) is 5.46. The second kappa shape index (κ2) is 6.08. The Kier molecular flexibility index (Phi) is 4.18. The lowest BCUT2D eigenvalue weighted by molar-refractivity contribution is -0.122. The summed E-state index contributed by atoms with van der Waals surface area (Å²) in [6.45, 7) is 1.99. The van der Waals surface area contributed by atoms with Gasteiger partial charge in [-0.25, -0.2) is 0 Å². The Labute approximate surface area is 127 Å².